The first-order valence-corrected chi connectivity index (χ1v) is 5.72. The van der Waals surface area contributed by atoms with Gasteiger partial charge < -0.3 is 5.32 Å². The van der Waals surface area contributed by atoms with Gasteiger partial charge in [0.2, 0.25) is 0 Å². The minimum Gasteiger partial charge on any atom is -0.316 e. The maximum Gasteiger partial charge on any atom is 0.0542 e. The fraction of sp³-hybridized carbons (Fsp3) is 1.00. The molecular weight excluding hydrogens is 178 g/mol. The van der Waals surface area contributed by atoms with Crippen LogP contribution in [0.5, 0.6) is 0 Å². The summed E-state index contributed by atoms with van der Waals surface area (Å²) in [7, 11) is 0. The van der Waals surface area contributed by atoms with Crippen LogP contribution in [0.2, 0.25) is 0 Å². The van der Waals surface area contributed by atoms with Gasteiger partial charge in [-0.25, -0.2) is 0 Å². The summed E-state index contributed by atoms with van der Waals surface area (Å²) in [6, 6.07) is 0.411. The second-order valence-electron chi connectivity index (χ2n) is 4.41. The van der Waals surface area contributed by atoms with Gasteiger partial charge in [0.05, 0.1) is 11.3 Å². The first-order valence-electron chi connectivity index (χ1n) is 5.72. The normalized spacial score (nSPS) is 34.1. The van der Waals surface area contributed by atoms with Crippen LogP contribution in [-0.4, -0.2) is 30.7 Å². The molecule has 0 aliphatic carbocycles. The molecule has 4 heteroatoms. The van der Waals surface area contributed by atoms with Crippen molar-refractivity contribution in [3.8, 4) is 0 Å². The van der Waals surface area contributed by atoms with Crippen molar-refractivity contribution >= 4 is 0 Å². The Morgan fingerprint density at radius 3 is 2.86 bits per heavy atom. The van der Waals surface area contributed by atoms with Crippen molar-refractivity contribution in [2.75, 3.05) is 19.6 Å². The molecular formula is C10H19N3O. The van der Waals surface area contributed by atoms with E-state index in [-0.39, 0.29) is 0 Å². The molecule has 2 atom stereocenters. The molecule has 0 aromatic rings. The standard InChI is InChI=1S/C10H19N3O/c14-12-13-7-2-1-5-10(13)9-4-3-6-11-8-9/h9-11H,1-8H2. The van der Waals surface area contributed by atoms with Crippen molar-refractivity contribution in [1.82, 2.24) is 10.3 Å². The predicted octanol–water partition coefficient (Wildman–Crippen LogP) is 1.52. The number of nitrogens with zero attached hydrogens (tertiary/aromatic N) is 2. The summed E-state index contributed by atoms with van der Waals surface area (Å²) in [4.78, 5) is 10.7. The summed E-state index contributed by atoms with van der Waals surface area (Å²) in [5.74, 6) is 0.641. The Bertz CT molecular complexity index is 192. The topological polar surface area (TPSA) is 44.7 Å². The van der Waals surface area contributed by atoms with E-state index in [2.05, 4.69) is 10.6 Å². The van der Waals surface area contributed by atoms with E-state index in [1.165, 1.54) is 19.3 Å². The maximum absolute atomic E-state index is 10.7. The molecule has 4 nitrogen and oxygen atoms in total. The zero-order valence-electron chi connectivity index (χ0n) is 8.61. The van der Waals surface area contributed by atoms with Gasteiger partial charge in [-0.1, -0.05) is 0 Å². The Balaban J connectivity index is 1.94. The van der Waals surface area contributed by atoms with Gasteiger partial charge in [-0.05, 0) is 51.1 Å². The van der Waals surface area contributed by atoms with E-state index in [1.54, 1.807) is 5.01 Å². The van der Waals surface area contributed by atoms with Gasteiger partial charge in [0.15, 0.2) is 0 Å². The molecule has 0 saturated carbocycles. The van der Waals surface area contributed by atoms with Crippen molar-refractivity contribution in [2.24, 2.45) is 11.2 Å². The van der Waals surface area contributed by atoms with Crippen LogP contribution in [0.4, 0.5) is 0 Å². The highest BCUT2D eigenvalue weighted by Crippen LogP contribution is 2.27. The minimum absolute atomic E-state index is 0.411. The third-order valence-corrected chi connectivity index (χ3v) is 3.50. The number of hydrogen-bond donors (Lipinski definition) is 1. The summed E-state index contributed by atoms with van der Waals surface area (Å²) in [5, 5.41) is 8.35. The largest absolute Gasteiger partial charge is 0.316 e. The minimum atomic E-state index is 0.411. The molecule has 2 fully saturated rings. The number of hydrogen-bond acceptors (Lipinski definition) is 3. The van der Waals surface area contributed by atoms with Crippen LogP contribution >= 0.6 is 0 Å². The summed E-state index contributed by atoms with van der Waals surface area (Å²) in [6.45, 7) is 3.07. The average Bonchev–Trinajstić information content (AvgIpc) is 2.30. The Morgan fingerprint density at radius 1 is 1.21 bits per heavy atom. The van der Waals surface area contributed by atoms with Crippen molar-refractivity contribution in [1.29, 1.82) is 0 Å². The number of nitrogens with one attached hydrogen (secondary N) is 1. The smallest absolute Gasteiger partial charge is 0.0542 e. The zero-order valence-corrected chi connectivity index (χ0v) is 8.61. The van der Waals surface area contributed by atoms with Gasteiger partial charge in [0, 0.05) is 6.54 Å². The lowest BCUT2D eigenvalue weighted by molar-refractivity contribution is 0.0885. The zero-order chi connectivity index (χ0) is 9.80. The quantitative estimate of drug-likeness (QED) is 0.683. The van der Waals surface area contributed by atoms with Crippen LogP contribution in [0.1, 0.15) is 32.1 Å². The molecule has 2 aliphatic rings. The second-order valence-corrected chi connectivity index (χ2v) is 4.41. The Kier molecular flexibility index (Phi) is 3.35. The second kappa shape index (κ2) is 4.73. The first kappa shape index (κ1) is 9.90. The summed E-state index contributed by atoms with van der Waals surface area (Å²) in [5.41, 5.74) is 0. The average molecular weight is 197 g/mol. The van der Waals surface area contributed by atoms with Crippen molar-refractivity contribution < 1.29 is 0 Å². The Morgan fingerprint density at radius 2 is 2.14 bits per heavy atom. The van der Waals surface area contributed by atoms with Gasteiger partial charge in [-0.3, -0.25) is 5.01 Å². The number of nitroso groups, excluding NO2 is 1. The van der Waals surface area contributed by atoms with Crippen molar-refractivity contribution in [3.05, 3.63) is 4.91 Å². The van der Waals surface area contributed by atoms with Gasteiger partial charge in [0.1, 0.15) is 0 Å². The monoisotopic (exact) mass is 197 g/mol. The highest BCUT2D eigenvalue weighted by Gasteiger charge is 2.30. The molecule has 0 aromatic heterocycles. The third kappa shape index (κ3) is 2.05. The SMILES string of the molecule is O=NN1CCCCC1C1CCCNC1. The Hall–Kier alpha value is -0.640. The maximum atomic E-state index is 10.7. The lowest BCUT2D eigenvalue weighted by atomic mass is 9.86. The summed E-state index contributed by atoms with van der Waals surface area (Å²) < 4.78 is 0. The number of piperidine rings is 2. The third-order valence-electron chi connectivity index (χ3n) is 3.50. The van der Waals surface area contributed by atoms with Crippen molar-refractivity contribution in [2.45, 2.75) is 38.1 Å². The number of rotatable bonds is 2. The van der Waals surface area contributed by atoms with E-state index in [9.17, 15) is 4.91 Å². The van der Waals surface area contributed by atoms with Gasteiger partial charge in [-0.2, -0.15) is 0 Å². The molecule has 2 aliphatic heterocycles. The van der Waals surface area contributed by atoms with Crippen LogP contribution in [0.15, 0.2) is 5.29 Å². The van der Waals surface area contributed by atoms with Crippen LogP contribution in [0, 0.1) is 10.8 Å². The van der Waals surface area contributed by atoms with E-state index < -0.39 is 0 Å². The van der Waals surface area contributed by atoms with Crippen LogP contribution in [-0.2, 0) is 0 Å². The molecule has 2 rings (SSSR count). The molecule has 0 amide bonds. The molecule has 0 radical (unpaired) electrons. The predicted molar refractivity (Wildman–Crippen MR) is 55.7 cm³/mol. The van der Waals surface area contributed by atoms with E-state index in [0.717, 1.165) is 32.5 Å². The van der Waals surface area contributed by atoms with Crippen LogP contribution in [0.25, 0.3) is 0 Å². The molecule has 2 heterocycles. The molecule has 80 valence electrons. The van der Waals surface area contributed by atoms with Crippen LogP contribution < -0.4 is 5.32 Å². The molecule has 2 saturated heterocycles. The van der Waals surface area contributed by atoms with Crippen LogP contribution in [0.3, 0.4) is 0 Å². The highest BCUT2D eigenvalue weighted by molar-refractivity contribution is 4.84. The lowest BCUT2D eigenvalue weighted by Crippen LogP contribution is -2.46. The fourth-order valence-electron chi connectivity index (χ4n) is 2.73. The molecule has 14 heavy (non-hydrogen) atoms. The summed E-state index contributed by atoms with van der Waals surface area (Å²) >= 11 is 0. The summed E-state index contributed by atoms with van der Waals surface area (Å²) in [6.07, 6.45) is 6.03. The van der Waals surface area contributed by atoms with E-state index >= 15 is 0 Å². The fourth-order valence-corrected chi connectivity index (χ4v) is 2.73. The highest BCUT2D eigenvalue weighted by atomic mass is 16.3. The van der Waals surface area contributed by atoms with Gasteiger partial charge in [0.25, 0.3) is 0 Å². The van der Waals surface area contributed by atoms with Gasteiger partial charge >= 0.3 is 0 Å². The molecule has 1 N–H and O–H groups in total. The molecule has 0 aromatic carbocycles. The van der Waals surface area contributed by atoms with E-state index in [0.29, 0.717) is 12.0 Å². The first-order chi connectivity index (χ1) is 6.92. The van der Waals surface area contributed by atoms with Crippen molar-refractivity contribution in [3.63, 3.8) is 0 Å². The molecule has 2 unspecified atom stereocenters. The van der Waals surface area contributed by atoms with Gasteiger partial charge in [-0.15, -0.1) is 4.91 Å². The molecule has 0 spiro atoms. The van der Waals surface area contributed by atoms with E-state index in [1.807, 2.05) is 0 Å². The molecule has 0 bridgehead atoms. The van der Waals surface area contributed by atoms with E-state index in [4.69, 9.17) is 0 Å². The lowest BCUT2D eigenvalue weighted by Gasteiger charge is -2.38. The Labute approximate surface area is 85.0 Å².